The first-order valence-electron chi connectivity index (χ1n) is 10.6. The average molecular weight is 517 g/mol. The fourth-order valence-electron chi connectivity index (χ4n) is 4.10. The van der Waals surface area contributed by atoms with E-state index in [2.05, 4.69) is 12.2 Å². The third-order valence-corrected chi connectivity index (χ3v) is 9.87. The van der Waals surface area contributed by atoms with E-state index in [0.717, 1.165) is 40.1 Å². The van der Waals surface area contributed by atoms with Gasteiger partial charge in [0.05, 0.1) is 15.1 Å². The molecule has 5 rings (SSSR count). The van der Waals surface area contributed by atoms with Crippen LogP contribution >= 0.6 is 34.3 Å². The van der Waals surface area contributed by atoms with Gasteiger partial charge in [-0.3, -0.25) is 4.79 Å². The zero-order valence-corrected chi connectivity index (χ0v) is 21.0. The predicted octanol–water partition coefficient (Wildman–Crippen LogP) is 6.22. The molecule has 1 aliphatic carbocycles. The molecule has 4 aromatic rings. The second-order valence-corrected chi connectivity index (χ2v) is 12.9. The number of rotatable bonds is 5. The van der Waals surface area contributed by atoms with Crippen LogP contribution in [0.1, 0.15) is 23.8 Å². The second-order valence-electron chi connectivity index (χ2n) is 8.30. The van der Waals surface area contributed by atoms with E-state index in [-0.39, 0.29) is 4.90 Å². The van der Waals surface area contributed by atoms with Crippen LogP contribution in [0.25, 0.3) is 20.8 Å². The number of aromatic nitrogens is 1. The van der Waals surface area contributed by atoms with Crippen molar-refractivity contribution in [1.82, 2.24) is 4.98 Å². The molecular weight excluding hydrogens is 496 g/mol. The monoisotopic (exact) mass is 516 g/mol. The van der Waals surface area contributed by atoms with Crippen LogP contribution in [0.3, 0.4) is 0 Å². The minimum absolute atomic E-state index is 0.0766. The maximum atomic E-state index is 12.9. The second kappa shape index (κ2) is 8.83. The van der Waals surface area contributed by atoms with E-state index >= 15 is 0 Å². The van der Waals surface area contributed by atoms with Gasteiger partial charge in [-0.05, 0) is 67.1 Å². The van der Waals surface area contributed by atoms with E-state index in [0.29, 0.717) is 15.9 Å². The van der Waals surface area contributed by atoms with Gasteiger partial charge in [-0.15, -0.1) is 22.7 Å². The van der Waals surface area contributed by atoms with E-state index in [1.165, 1.54) is 34.7 Å². The molecule has 1 N–H and O–H groups in total. The molecule has 0 fully saturated rings. The number of benzene rings is 2. The number of carbonyl (C=O) groups is 1. The van der Waals surface area contributed by atoms with Crippen LogP contribution in [0.4, 0.5) is 5.00 Å². The standard InChI is InChI=1S/C24H21ClN2O3S3/c1-14-6-11-17-20(12-14)32-24(22(17)23-26-18-4-2-3-5-19(18)31-23)27-21(28)13-33(29,30)16-9-7-15(25)8-10-16/h2-5,7-10,14H,6,11-13H2,1H3,(H,27,28). The van der Waals surface area contributed by atoms with Crippen LogP contribution in [0, 0.1) is 5.92 Å². The Morgan fingerprint density at radius 1 is 1.15 bits per heavy atom. The van der Waals surface area contributed by atoms with Gasteiger partial charge in [0.2, 0.25) is 5.91 Å². The van der Waals surface area contributed by atoms with Crippen LogP contribution in [-0.4, -0.2) is 25.1 Å². The van der Waals surface area contributed by atoms with Gasteiger partial charge in [0.15, 0.2) is 9.84 Å². The zero-order valence-electron chi connectivity index (χ0n) is 17.8. The van der Waals surface area contributed by atoms with Gasteiger partial charge in [0.25, 0.3) is 0 Å². The fraction of sp³-hybridized carbons (Fsp3) is 0.250. The topological polar surface area (TPSA) is 76.1 Å². The minimum Gasteiger partial charge on any atom is -0.316 e. The Balaban J connectivity index is 1.48. The number of anilines is 1. The molecule has 0 aliphatic heterocycles. The number of nitrogens with one attached hydrogen (secondary N) is 1. The summed E-state index contributed by atoms with van der Waals surface area (Å²) in [6, 6.07) is 13.8. The third kappa shape index (κ3) is 4.57. The highest BCUT2D eigenvalue weighted by atomic mass is 35.5. The molecule has 9 heteroatoms. The minimum atomic E-state index is -3.78. The highest BCUT2D eigenvalue weighted by molar-refractivity contribution is 7.92. The summed E-state index contributed by atoms with van der Waals surface area (Å²) in [5.74, 6) is -0.612. The highest BCUT2D eigenvalue weighted by Crippen LogP contribution is 2.47. The van der Waals surface area contributed by atoms with E-state index in [9.17, 15) is 13.2 Å². The average Bonchev–Trinajstić information content (AvgIpc) is 3.33. The van der Waals surface area contributed by atoms with Crippen molar-refractivity contribution in [3.05, 3.63) is 64.0 Å². The quantitative estimate of drug-likeness (QED) is 0.342. The summed E-state index contributed by atoms with van der Waals surface area (Å²) in [4.78, 5) is 19.0. The van der Waals surface area contributed by atoms with Gasteiger partial charge < -0.3 is 5.32 Å². The molecule has 0 spiro atoms. The fourth-order valence-corrected chi connectivity index (χ4v) is 7.90. The molecule has 0 saturated heterocycles. The number of nitrogens with zero attached hydrogens (tertiary/aromatic N) is 1. The van der Waals surface area contributed by atoms with Crippen molar-refractivity contribution in [2.75, 3.05) is 11.1 Å². The maximum Gasteiger partial charge on any atom is 0.240 e. The van der Waals surface area contributed by atoms with Crippen molar-refractivity contribution in [2.45, 2.75) is 31.1 Å². The molecule has 1 aliphatic rings. The maximum absolute atomic E-state index is 12.9. The van der Waals surface area contributed by atoms with E-state index in [1.807, 2.05) is 24.3 Å². The summed E-state index contributed by atoms with van der Waals surface area (Å²) in [5, 5.41) is 4.89. The lowest BCUT2D eigenvalue weighted by Gasteiger charge is -2.18. The first kappa shape index (κ1) is 22.5. The van der Waals surface area contributed by atoms with Gasteiger partial charge >= 0.3 is 0 Å². The molecule has 1 atom stereocenters. The lowest BCUT2D eigenvalue weighted by molar-refractivity contribution is -0.113. The number of amides is 1. The largest absolute Gasteiger partial charge is 0.316 e. The molecule has 170 valence electrons. The number of fused-ring (bicyclic) bond motifs is 2. The van der Waals surface area contributed by atoms with Crippen LogP contribution in [-0.2, 0) is 27.5 Å². The number of halogens is 1. The number of sulfone groups is 1. The summed E-state index contributed by atoms with van der Waals surface area (Å²) in [6.07, 6.45) is 2.97. The normalized spacial score (nSPS) is 16.0. The Labute approximate surface area is 205 Å². The predicted molar refractivity (Wildman–Crippen MR) is 136 cm³/mol. The summed E-state index contributed by atoms with van der Waals surface area (Å²) in [5.41, 5.74) is 3.09. The lowest BCUT2D eigenvalue weighted by Crippen LogP contribution is -2.22. The van der Waals surface area contributed by atoms with Gasteiger partial charge in [0, 0.05) is 15.5 Å². The van der Waals surface area contributed by atoms with Gasteiger partial charge in [-0.1, -0.05) is 30.7 Å². The Bertz CT molecular complexity index is 1420. The highest BCUT2D eigenvalue weighted by Gasteiger charge is 2.28. The summed E-state index contributed by atoms with van der Waals surface area (Å²) < 4.78 is 26.6. The first-order valence-corrected chi connectivity index (χ1v) is 14.2. The molecule has 2 heterocycles. The van der Waals surface area contributed by atoms with E-state index in [1.54, 1.807) is 22.7 Å². The number of para-hydroxylation sites is 1. The van der Waals surface area contributed by atoms with Crippen molar-refractivity contribution in [3.63, 3.8) is 0 Å². The smallest absolute Gasteiger partial charge is 0.240 e. The third-order valence-electron chi connectivity index (χ3n) is 5.77. The van der Waals surface area contributed by atoms with E-state index in [4.69, 9.17) is 16.6 Å². The van der Waals surface area contributed by atoms with Gasteiger partial charge in [-0.25, -0.2) is 13.4 Å². The number of thiazole rings is 1. The van der Waals surface area contributed by atoms with Crippen molar-refractivity contribution in [2.24, 2.45) is 5.92 Å². The summed E-state index contributed by atoms with van der Waals surface area (Å²) >= 11 is 9.00. The zero-order chi connectivity index (χ0) is 23.2. The number of thiophene rings is 1. The molecule has 0 radical (unpaired) electrons. The van der Waals surface area contributed by atoms with Crippen molar-refractivity contribution >= 4 is 65.2 Å². The Kier molecular flexibility index (Phi) is 6.03. The van der Waals surface area contributed by atoms with Crippen molar-refractivity contribution in [3.8, 4) is 10.6 Å². The molecule has 0 saturated carbocycles. The first-order chi connectivity index (χ1) is 15.8. The Morgan fingerprint density at radius 3 is 2.67 bits per heavy atom. The molecule has 5 nitrogen and oxygen atoms in total. The van der Waals surface area contributed by atoms with Crippen LogP contribution in [0.5, 0.6) is 0 Å². The summed E-state index contributed by atoms with van der Waals surface area (Å²) in [7, 11) is -3.78. The molecular formula is C24H21ClN2O3S3. The van der Waals surface area contributed by atoms with Gasteiger partial charge in [0.1, 0.15) is 15.8 Å². The molecule has 1 unspecified atom stereocenters. The SMILES string of the molecule is CC1CCc2c(sc(NC(=O)CS(=O)(=O)c3ccc(Cl)cc3)c2-c2nc3ccccc3s2)C1. The van der Waals surface area contributed by atoms with Crippen molar-refractivity contribution in [1.29, 1.82) is 0 Å². The molecule has 2 aromatic heterocycles. The van der Waals surface area contributed by atoms with Crippen LogP contribution in [0.15, 0.2) is 53.4 Å². The van der Waals surface area contributed by atoms with Crippen LogP contribution < -0.4 is 5.32 Å². The van der Waals surface area contributed by atoms with Crippen LogP contribution in [0.2, 0.25) is 5.02 Å². The molecule has 33 heavy (non-hydrogen) atoms. The Morgan fingerprint density at radius 2 is 1.91 bits per heavy atom. The molecule has 2 aromatic carbocycles. The number of carbonyl (C=O) groups excluding carboxylic acids is 1. The molecule has 1 amide bonds. The van der Waals surface area contributed by atoms with Crippen molar-refractivity contribution < 1.29 is 13.2 Å². The summed E-state index contributed by atoms with van der Waals surface area (Å²) in [6.45, 7) is 2.23. The van der Waals surface area contributed by atoms with Gasteiger partial charge in [-0.2, -0.15) is 0 Å². The Hall–Kier alpha value is -2.26. The number of hydrogen-bond donors (Lipinski definition) is 1. The number of hydrogen-bond acceptors (Lipinski definition) is 6. The molecule has 0 bridgehead atoms. The lowest BCUT2D eigenvalue weighted by atomic mass is 9.88. The van der Waals surface area contributed by atoms with E-state index < -0.39 is 21.5 Å².